The topological polar surface area (TPSA) is 107 Å². The van der Waals surface area contributed by atoms with Gasteiger partial charge in [0, 0.05) is 34.8 Å². The van der Waals surface area contributed by atoms with Crippen LogP contribution >= 0.6 is 0 Å². The van der Waals surface area contributed by atoms with Gasteiger partial charge in [0.2, 0.25) is 0 Å². The Morgan fingerprint density at radius 1 is 1.26 bits per heavy atom. The van der Waals surface area contributed by atoms with Crippen molar-refractivity contribution in [2.45, 2.75) is 65.6 Å². The molecule has 7 nitrogen and oxygen atoms in total. The van der Waals surface area contributed by atoms with Crippen LogP contribution in [0.5, 0.6) is 0 Å². The van der Waals surface area contributed by atoms with E-state index >= 15 is 0 Å². The number of esters is 1. The van der Waals surface area contributed by atoms with Crippen molar-refractivity contribution in [1.29, 1.82) is 0 Å². The second-order valence-electron chi connectivity index (χ2n) is 11.5. The normalized spacial score (nSPS) is 40.9. The Hall–Kier alpha value is -2.80. The lowest BCUT2D eigenvalue weighted by Gasteiger charge is -2.61. The largest absolute Gasteiger partial charge is 0.458 e. The highest BCUT2D eigenvalue weighted by Gasteiger charge is 2.68. The van der Waals surface area contributed by atoms with E-state index in [-0.39, 0.29) is 28.9 Å². The number of nitro groups is 1. The van der Waals surface area contributed by atoms with Crippen molar-refractivity contribution >= 4 is 17.4 Å². The number of rotatable bonds is 4. The summed E-state index contributed by atoms with van der Waals surface area (Å²) in [4.78, 5) is 37.3. The smallest absolute Gasteiger partial charge is 0.338 e. The minimum absolute atomic E-state index is 0.0209. The van der Waals surface area contributed by atoms with Crippen molar-refractivity contribution < 1.29 is 24.4 Å². The lowest BCUT2D eigenvalue weighted by atomic mass is 9.44. The molecule has 3 aliphatic carbocycles. The first-order chi connectivity index (χ1) is 16.3. The molecule has 2 bridgehead atoms. The summed E-state index contributed by atoms with van der Waals surface area (Å²) in [5.41, 5.74) is -1.18. The van der Waals surface area contributed by atoms with Crippen LogP contribution in [0.2, 0.25) is 0 Å². The van der Waals surface area contributed by atoms with Gasteiger partial charge >= 0.3 is 5.97 Å². The fraction of sp³-hybridized carbons (Fsp3) is 0.571. The summed E-state index contributed by atoms with van der Waals surface area (Å²) in [5, 5.41) is 22.7. The monoisotopic (exact) mass is 481 g/mol. The van der Waals surface area contributed by atoms with E-state index in [9.17, 15) is 24.8 Å². The minimum atomic E-state index is -0.798. The molecule has 35 heavy (non-hydrogen) atoms. The van der Waals surface area contributed by atoms with Crippen LogP contribution in [-0.2, 0) is 9.53 Å². The van der Waals surface area contributed by atoms with Gasteiger partial charge in [0.25, 0.3) is 5.69 Å². The average Bonchev–Trinajstić information content (AvgIpc) is 3.10. The number of nitrogens with zero attached hydrogens (tertiary/aromatic N) is 1. The molecule has 1 aromatic rings. The Kier molecular flexibility index (Phi) is 6.07. The number of benzene rings is 1. The number of hydrogen-bond acceptors (Lipinski definition) is 6. The third kappa shape index (κ3) is 3.58. The Labute approximate surface area is 206 Å². The Morgan fingerprint density at radius 3 is 2.46 bits per heavy atom. The molecule has 0 unspecified atom stereocenters. The van der Waals surface area contributed by atoms with Crippen LogP contribution < -0.4 is 0 Å². The number of Topliss-reactive ketones (excluding diaryl/α,β-unsaturated/α-hetero) is 1. The van der Waals surface area contributed by atoms with Gasteiger partial charge in [-0.3, -0.25) is 14.9 Å². The van der Waals surface area contributed by atoms with Crippen LogP contribution in [0.1, 0.15) is 63.7 Å². The quantitative estimate of drug-likeness (QED) is 0.206. The molecule has 3 aliphatic rings. The van der Waals surface area contributed by atoms with Gasteiger partial charge in [-0.1, -0.05) is 40.3 Å². The Morgan fingerprint density at radius 2 is 1.89 bits per heavy atom. The zero-order chi connectivity index (χ0) is 25.9. The van der Waals surface area contributed by atoms with Crippen LogP contribution in [-0.4, -0.2) is 34.0 Å². The van der Waals surface area contributed by atoms with E-state index in [0.29, 0.717) is 18.4 Å². The van der Waals surface area contributed by atoms with Crippen LogP contribution in [0.15, 0.2) is 49.1 Å². The fourth-order valence-electron chi connectivity index (χ4n) is 7.40. The highest BCUT2D eigenvalue weighted by Crippen LogP contribution is 2.68. The Balaban J connectivity index is 1.79. The second kappa shape index (κ2) is 8.40. The van der Waals surface area contributed by atoms with Crippen molar-refractivity contribution in [3.8, 4) is 0 Å². The van der Waals surface area contributed by atoms with Crippen molar-refractivity contribution in [1.82, 2.24) is 0 Å². The van der Waals surface area contributed by atoms with E-state index in [0.717, 1.165) is 12.8 Å². The van der Waals surface area contributed by atoms with E-state index in [4.69, 9.17) is 4.74 Å². The first-order valence-electron chi connectivity index (χ1n) is 12.3. The first kappa shape index (κ1) is 25.3. The maximum absolute atomic E-state index is 13.5. The molecule has 0 aromatic heterocycles. The molecule has 1 aromatic carbocycles. The SMILES string of the molecule is C=C[C@]1(C)C[C@@H](O)[C@]2(C)[C@H](C)CC[C@]3(CC(=C)C(=O)[C@H]32)[C@@H](C)[C@@H]1OC(=O)c1ccc([N+](=O)[O-])cc1. The molecule has 1 N–H and O–H groups in total. The van der Waals surface area contributed by atoms with Crippen LogP contribution in [0.3, 0.4) is 0 Å². The number of ketones is 1. The second-order valence-corrected chi connectivity index (χ2v) is 11.5. The number of carbonyl (C=O) groups excluding carboxylic acids is 2. The van der Waals surface area contributed by atoms with Gasteiger partial charge in [0.15, 0.2) is 5.78 Å². The van der Waals surface area contributed by atoms with E-state index < -0.39 is 45.3 Å². The summed E-state index contributed by atoms with van der Waals surface area (Å²) >= 11 is 0. The molecular weight excluding hydrogens is 446 g/mol. The highest BCUT2D eigenvalue weighted by atomic mass is 16.6. The number of hydrogen-bond donors (Lipinski definition) is 1. The maximum atomic E-state index is 13.5. The minimum Gasteiger partial charge on any atom is -0.458 e. The number of allylic oxidation sites excluding steroid dienone is 1. The predicted octanol–water partition coefficient (Wildman–Crippen LogP) is 5.28. The standard InChI is InChI=1S/C28H35NO6/c1-7-26(5)15-21(30)27(6)17(3)12-13-28(14-16(2)22(31)23(27)28)18(4)24(26)35-25(32)19-8-10-20(11-9-19)29(33)34/h7-11,17-18,21,23-24,30H,1-2,12-15H2,3-6H3/t17-,18+,21-,23+,24+,26-,27+,28+/m1/s1. The van der Waals surface area contributed by atoms with Crippen LogP contribution in [0, 0.1) is 44.1 Å². The summed E-state index contributed by atoms with van der Waals surface area (Å²) in [7, 11) is 0. The Bertz CT molecular complexity index is 1100. The summed E-state index contributed by atoms with van der Waals surface area (Å²) in [5.74, 6) is -1.03. The molecule has 0 spiro atoms. The van der Waals surface area contributed by atoms with Crippen LogP contribution in [0.4, 0.5) is 5.69 Å². The third-order valence-corrected chi connectivity index (χ3v) is 9.83. The van der Waals surface area contributed by atoms with Gasteiger partial charge < -0.3 is 9.84 Å². The average molecular weight is 482 g/mol. The fourth-order valence-corrected chi connectivity index (χ4v) is 7.40. The molecule has 3 fully saturated rings. The molecule has 3 saturated carbocycles. The number of ether oxygens (including phenoxy) is 1. The molecule has 188 valence electrons. The molecule has 4 rings (SSSR count). The zero-order valence-corrected chi connectivity index (χ0v) is 21.0. The number of nitro benzene ring substituents is 1. The predicted molar refractivity (Wildman–Crippen MR) is 132 cm³/mol. The van der Waals surface area contributed by atoms with Gasteiger partial charge in [-0.2, -0.15) is 0 Å². The summed E-state index contributed by atoms with van der Waals surface area (Å²) in [6.45, 7) is 16.3. The van der Waals surface area contributed by atoms with Crippen molar-refractivity contribution in [3.05, 3.63) is 64.8 Å². The van der Waals surface area contributed by atoms with Gasteiger partial charge in [-0.25, -0.2) is 4.79 Å². The van der Waals surface area contributed by atoms with E-state index in [1.54, 1.807) is 6.08 Å². The van der Waals surface area contributed by atoms with Gasteiger partial charge in [0.05, 0.1) is 16.6 Å². The molecular formula is C28H35NO6. The van der Waals surface area contributed by atoms with Crippen molar-refractivity contribution in [2.75, 3.05) is 0 Å². The summed E-state index contributed by atoms with van der Waals surface area (Å²) in [6.07, 6.45) is 2.77. The first-order valence-corrected chi connectivity index (χ1v) is 12.3. The molecule has 0 aliphatic heterocycles. The summed E-state index contributed by atoms with van der Waals surface area (Å²) in [6, 6.07) is 5.32. The maximum Gasteiger partial charge on any atom is 0.338 e. The van der Waals surface area contributed by atoms with Crippen LogP contribution in [0.25, 0.3) is 0 Å². The van der Waals surface area contributed by atoms with E-state index in [1.165, 1.54) is 24.3 Å². The molecule has 8 atom stereocenters. The number of aliphatic hydroxyl groups excluding tert-OH is 1. The van der Waals surface area contributed by atoms with Gasteiger partial charge in [-0.15, -0.1) is 6.58 Å². The third-order valence-electron chi connectivity index (χ3n) is 9.83. The lowest BCUT2D eigenvalue weighted by Crippen LogP contribution is -2.62. The summed E-state index contributed by atoms with van der Waals surface area (Å²) < 4.78 is 6.17. The lowest BCUT2D eigenvalue weighted by molar-refractivity contribution is -0.384. The molecule has 0 amide bonds. The van der Waals surface area contributed by atoms with E-state index in [1.807, 2.05) is 20.8 Å². The zero-order valence-electron chi connectivity index (χ0n) is 21.0. The van der Waals surface area contributed by atoms with Gasteiger partial charge in [-0.05, 0) is 54.7 Å². The van der Waals surface area contributed by atoms with Gasteiger partial charge in [0.1, 0.15) is 6.10 Å². The van der Waals surface area contributed by atoms with Crippen molar-refractivity contribution in [2.24, 2.45) is 34.0 Å². The molecule has 0 saturated heterocycles. The number of non-ortho nitro benzene ring substituents is 1. The highest BCUT2D eigenvalue weighted by molar-refractivity contribution is 6.00. The molecule has 7 heteroatoms. The number of aliphatic hydroxyl groups is 1. The molecule has 0 heterocycles. The van der Waals surface area contributed by atoms with Crippen molar-refractivity contribution in [3.63, 3.8) is 0 Å². The van der Waals surface area contributed by atoms with E-state index in [2.05, 4.69) is 20.1 Å². The molecule has 0 radical (unpaired) electrons. The number of carbonyl (C=O) groups is 2.